The molecule has 0 aliphatic carbocycles. The Bertz CT molecular complexity index is 2980. The van der Waals surface area contributed by atoms with Crippen molar-refractivity contribution >= 4 is 50.6 Å². The van der Waals surface area contributed by atoms with Crippen molar-refractivity contribution in [3.05, 3.63) is 194 Å². The van der Waals surface area contributed by atoms with Gasteiger partial charge in [-0.05, 0) is 64.7 Å². The van der Waals surface area contributed by atoms with Crippen LogP contribution in [0.4, 0.5) is 0 Å². The van der Waals surface area contributed by atoms with Gasteiger partial charge in [0, 0.05) is 33.8 Å². The van der Waals surface area contributed by atoms with E-state index in [1.165, 1.54) is 66.1 Å². The molecule has 4 heterocycles. The summed E-state index contributed by atoms with van der Waals surface area (Å²) in [5.74, 6) is 0. The molecule has 7 aromatic carbocycles. The van der Waals surface area contributed by atoms with Crippen LogP contribution in [0.25, 0.3) is 77.9 Å². The molecule has 1 aliphatic rings. The van der Waals surface area contributed by atoms with Gasteiger partial charge in [0.1, 0.15) is 5.65 Å². The Labute approximate surface area is 308 Å². The van der Waals surface area contributed by atoms with Gasteiger partial charge in [-0.1, -0.05) is 162 Å². The first-order valence-electron chi connectivity index (χ1n) is 18.3. The molecule has 0 fully saturated rings. The van der Waals surface area contributed by atoms with Crippen molar-refractivity contribution < 1.29 is 0 Å². The van der Waals surface area contributed by atoms with E-state index in [-0.39, 0.29) is 6.71 Å². The average Bonchev–Trinajstić information content (AvgIpc) is 3.89. The lowest BCUT2D eigenvalue weighted by molar-refractivity contribution is 1.18. The lowest BCUT2D eigenvalue weighted by atomic mass is 9.39. The second-order valence-corrected chi connectivity index (χ2v) is 13.9. The minimum Gasteiger partial charge on any atom is -0.309 e. The molecule has 0 radical (unpaired) electrons. The number of imidazole rings is 1. The first kappa shape index (κ1) is 29.8. The molecule has 0 amide bonds. The quantitative estimate of drug-likeness (QED) is 0.167. The molecule has 0 saturated carbocycles. The molecule has 246 valence electrons. The van der Waals surface area contributed by atoms with E-state index in [0.717, 1.165) is 28.2 Å². The van der Waals surface area contributed by atoms with E-state index in [1.807, 2.05) is 6.07 Å². The highest BCUT2D eigenvalue weighted by Crippen LogP contribution is 2.40. The van der Waals surface area contributed by atoms with E-state index in [1.54, 1.807) is 0 Å². The largest absolute Gasteiger partial charge is 0.309 e. The lowest BCUT2D eigenvalue weighted by Crippen LogP contribution is -2.48. The van der Waals surface area contributed by atoms with Gasteiger partial charge in [0.15, 0.2) is 0 Å². The summed E-state index contributed by atoms with van der Waals surface area (Å²) in [6.07, 6.45) is 2.10. The van der Waals surface area contributed by atoms with Crippen molar-refractivity contribution in [3.63, 3.8) is 0 Å². The van der Waals surface area contributed by atoms with Crippen LogP contribution in [-0.4, -0.2) is 20.7 Å². The van der Waals surface area contributed by atoms with E-state index in [0.29, 0.717) is 0 Å². The predicted octanol–water partition coefficient (Wildman–Crippen LogP) is 9.93. The van der Waals surface area contributed by atoms with Crippen LogP contribution in [0.1, 0.15) is 0 Å². The zero-order valence-electron chi connectivity index (χ0n) is 28.9. The molecule has 0 bridgehead atoms. The minimum absolute atomic E-state index is 0.124. The van der Waals surface area contributed by atoms with Crippen molar-refractivity contribution in [2.75, 3.05) is 0 Å². The molecule has 3 nitrogen and oxygen atoms in total. The zero-order chi connectivity index (χ0) is 34.9. The molecular weight excluding hydrogens is 641 g/mol. The minimum atomic E-state index is 0.124. The Morgan fingerprint density at radius 1 is 0.453 bits per heavy atom. The van der Waals surface area contributed by atoms with Crippen LogP contribution in [-0.2, 0) is 0 Å². The fourth-order valence-electron chi connectivity index (χ4n) is 8.74. The number of rotatable bonds is 5. The summed E-state index contributed by atoms with van der Waals surface area (Å²) < 4.78 is 4.62. The van der Waals surface area contributed by atoms with Crippen LogP contribution >= 0.6 is 0 Å². The molecule has 3 aromatic heterocycles. The Hall–Kier alpha value is -6.91. The molecule has 11 rings (SSSR count). The van der Waals surface area contributed by atoms with E-state index in [2.05, 4.69) is 197 Å². The zero-order valence-corrected chi connectivity index (χ0v) is 28.9. The maximum atomic E-state index is 5.13. The summed E-state index contributed by atoms with van der Waals surface area (Å²) >= 11 is 0. The van der Waals surface area contributed by atoms with Gasteiger partial charge < -0.3 is 4.57 Å². The van der Waals surface area contributed by atoms with E-state index >= 15 is 0 Å². The second kappa shape index (κ2) is 11.8. The number of pyridine rings is 1. The van der Waals surface area contributed by atoms with Gasteiger partial charge in [-0.3, -0.25) is 4.40 Å². The molecule has 53 heavy (non-hydrogen) atoms. The van der Waals surface area contributed by atoms with Gasteiger partial charge in [-0.2, -0.15) is 0 Å². The van der Waals surface area contributed by atoms with Gasteiger partial charge in [0.05, 0.1) is 22.4 Å². The average molecular weight is 674 g/mol. The van der Waals surface area contributed by atoms with Crippen LogP contribution in [0.5, 0.6) is 0 Å². The van der Waals surface area contributed by atoms with Gasteiger partial charge in [-0.25, -0.2) is 4.98 Å². The fraction of sp³-hybridized carbons (Fsp3) is 0. The standard InChI is InChI=1S/C49H32BN3/c1-4-15-35(16-5-1)49-48(51-46-25-12-13-30-52(46)49)34-28-26-33(27-29-34)38-22-14-23-42-47(38)41-31-40-39-21-10-11-24-44(39)53(37-19-8-3-9-20-37)45(40)32-43(41)50(42)36-17-6-2-7-18-36/h1-32H. The summed E-state index contributed by atoms with van der Waals surface area (Å²) in [6, 6.07) is 68.2. The molecule has 1 aliphatic heterocycles. The smallest absolute Gasteiger partial charge is 0.242 e. The summed E-state index contributed by atoms with van der Waals surface area (Å²) in [6.45, 7) is 0.124. The normalized spacial score (nSPS) is 12.1. The summed E-state index contributed by atoms with van der Waals surface area (Å²) in [4.78, 5) is 5.13. The van der Waals surface area contributed by atoms with E-state index in [4.69, 9.17) is 4.98 Å². The summed E-state index contributed by atoms with van der Waals surface area (Å²) in [7, 11) is 0. The Morgan fingerprint density at radius 2 is 1.15 bits per heavy atom. The summed E-state index contributed by atoms with van der Waals surface area (Å²) in [5, 5.41) is 2.54. The van der Waals surface area contributed by atoms with Crippen molar-refractivity contribution in [1.82, 2.24) is 14.0 Å². The van der Waals surface area contributed by atoms with Crippen LogP contribution in [0.2, 0.25) is 0 Å². The molecule has 10 aromatic rings. The predicted molar refractivity (Wildman–Crippen MR) is 222 cm³/mol. The third-order valence-corrected chi connectivity index (χ3v) is 11.0. The van der Waals surface area contributed by atoms with Gasteiger partial charge in [0.25, 0.3) is 0 Å². The van der Waals surface area contributed by atoms with Crippen LogP contribution < -0.4 is 16.4 Å². The topological polar surface area (TPSA) is 22.2 Å². The SMILES string of the molecule is c1ccc(B2c3cc4c(cc3-c3c2cccc3-c2ccc(-c3nc5ccccn5c3-c3ccccc3)cc2)c2ccccc2n4-c2ccccc2)cc1. The van der Waals surface area contributed by atoms with Crippen molar-refractivity contribution in [1.29, 1.82) is 0 Å². The summed E-state index contributed by atoms with van der Waals surface area (Å²) in [5.41, 5.74) is 18.0. The molecule has 0 saturated heterocycles. The Balaban J connectivity index is 1.12. The van der Waals surface area contributed by atoms with Crippen LogP contribution in [0.3, 0.4) is 0 Å². The number of fused-ring (bicyclic) bond motifs is 7. The number of aromatic nitrogens is 3. The van der Waals surface area contributed by atoms with Crippen molar-refractivity contribution in [3.8, 4) is 50.5 Å². The molecule has 0 N–H and O–H groups in total. The third kappa shape index (κ3) is 4.59. The highest BCUT2D eigenvalue weighted by molar-refractivity contribution is 6.99. The number of hydrogen-bond acceptors (Lipinski definition) is 1. The third-order valence-electron chi connectivity index (χ3n) is 11.0. The first-order valence-corrected chi connectivity index (χ1v) is 18.3. The number of nitrogens with zero attached hydrogens (tertiary/aromatic N) is 3. The highest BCUT2D eigenvalue weighted by Gasteiger charge is 2.36. The van der Waals surface area contributed by atoms with Crippen molar-refractivity contribution in [2.45, 2.75) is 0 Å². The molecule has 0 spiro atoms. The number of para-hydroxylation sites is 2. The Kier molecular flexibility index (Phi) is 6.65. The van der Waals surface area contributed by atoms with E-state index < -0.39 is 0 Å². The van der Waals surface area contributed by atoms with Gasteiger partial charge >= 0.3 is 0 Å². The molecule has 0 unspecified atom stereocenters. The Morgan fingerprint density at radius 3 is 1.96 bits per heavy atom. The van der Waals surface area contributed by atoms with Gasteiger partial charge in [-0.15, -0.1) is 0 Å². The number of benzene rings is 7. The number of hydrogen-bond donors (Lipinski definition) is 0. The molecule has 4 heteroatoms. The lowest BCUT2D eigenvalue weighted by Gasteiger charge is -2.13. The maximum Gasteiger partial charge on any atom is 0.242 e. The van der Waals surface area contributed by atoms with Crippen LogP contribution in [0.15, 0.2) is 194 Å². The monoisotopic (exact) mass is 673 g/mol. The highest BCUT2D eigenvalue weighted by atomic mass is 15.0. The maximum absolute atomic E-state index is 5.13. The molecular formula is C49H32BN3. The first-order chi connectivity index (χ1) is 26.3. The molecule has 0 atom stereocenters. The van der Waals surface area contributed by atoms with Gasteiger partial charge in [0.2, 0.25) is 6.71 Å². The second-order valence-electron chi connectivity index (χ2n) is 13.9. The van der Waals surface area contributed by atoms with E-state index in [9.17, 15) is 0 Å². The van der Waals surface area contributed by atoms with Crippen molar-refractivity contribution in [2.24, 2.45) is 0 Å². The fourth-order valence-corrected chi connectivity index (χ4v) is 8.74. The van der Waals surface area contributed by atoms with Crippen LogP contribution in [0, 0.1) is 0 Å².